The molecule has 1 aliphatic carbocycles. The van der Waals surface area contributed by atoms with Gasteiger partial charge in [0.1, 0.15) is 17.2 Å². The second-order valence-corrected chi connectivity index (χ2v) is 8.74. The van der Waals surface area contributed by atoms with Gasteiger partial charge in [0.05, 0.1) is 17.5 Å². The Bertz CT molecular complexity index is 1160. The van der Waals surface area contributed by atoms with E-state index in [1.807, 2.05) is 0 Å². The minimum absolute atomic E-state index is 0.0503. The number of hydrogen-bond acceptors (Lipinski definition) is 2. The molecule has 1 aromatic heterocycles. The van der Waals surface area contributed by atoms with Crippen molar-refractivity contribution in [1.82, 2.24) is 15.6 Å². The number of pyridine rings is 1. The lowest BCUT2D eigenvalue weighted by Gasteiger charge is -2.36. The van der Waals surface area contributed by atoms with Gasteiger partial charge in [-0.3, -0.25) is 4.98 Å². The Hall–Kier alpha value is -3.49. The Labute approximate surface area is 199 Å². The van der Waals surface area contributed by atoms with Gasteiger partial charge in [-0.15, -0.1) is 0 Å². The number of halogens is 5. The number of hydrogen-bond donors (Lipinski definition) is 2. The van der Waals surface area contributed by atoms with Crippen LogP contribution in [0.5, 0.6) is 0 Å². The third-order valence-electron chi connectivity index (χ3n) is 6.21. The van der Waals surface area contributed by atoms with E-state index in [1.165, 1.54) is 6.07 Å². The monoisotopic (exact) mass is 489 g/mol. The lowest BCUT2D eigenvalue weighted by atomic mass is 9.79. The van der Waals surface area contributed by atoms with Gasteiger partial charge >= 0.3 is 12.2 Å². The van der Waals surface area contributed by atoms with E-state index in [9.17, 15) is 26.7 Å². The van der Waals surface area contributed by atoms with Crippen molar-refractivity contribution in [2.24, 2.45) is 0 Å². The summed E-state index contributed by atoms with van der Waals surface area (Å²) in [6.07, 6.45) is -0.478. The van der Waals surface area contributed by atoms with Crippen LogP contribution in [0.3, 0.4) is 0 Å². The molecule has 1 aliphatic rings. The van der Waals surface area contributed by atoms with Gasteiger partial charge in [-0.25, -0.2) is 13.6 Å². The van der Waals surface area contributed by atoms with Crippen molar-refractivity contribution >= 4 is 6.03 Å². The van der Waals surface area contributed by atoms with E-state index in [-0.39, 0.29) is 23.7 Å². The van der Waals surface area contributed by atoms with Gasteiger partial charge in [0.25, 0.3) is 0 Å². The highest BCUT2D eigenvalue weighted by molar-refractivity contribution is 5.76. The molecule has 1 saturated carbocycles. The van der Waals surface area contributed by atoms with Crippen molar-refractivity contribution in [3.63, 3.8) is 0 Å². The van der Waals surface area contributed by atoms with Gasteiger partial charge in [-0.1, -0.05) is 43.2 Å². The largest absolute Gasteiger partial charge is 0.416 e. The highest BCUT2D eigenvalue weighted by atomic mass is 19.4. The van der Waals surface area contributed by atoms with Crippen LogP contribution < -0.4 is 10.6 Å². The molecular formula is C26H24F5N3O. The fourth-order valence-corrected chi connectivity index (χ4v) is 4.54. The Morgan fingerprint density at radius 1 is 0.914 bits per heavy atom. The Balaban J connectivity index is 1.89. The molecule has 2 amide bonds. The summed E-state index contributed by atoms with van der Waals surface area (Å²) in [5.74, 6) is -1.78. The van der Waals surface area contributed by atoms with Crippen LogP contribution in [0.15, 0.2) is 66.9 Å². The number of carbonyl (C=O) groups excluding carboxylic acids is 1. The molecule has 4 rings (SSSR count). The first-order valence-electron chi connectivity index (χ1n) is 11.3. The molecule has 1 heterocycles. The Kier molecular flexibility index (Phi) is 7.05. The van der Waals surface area contributed by atoms with Crippen LogP contribution in [0.4, 0.5) is 26.7 Å². The van der Waals surface area contributed by atoms with Gasteiger partial charge in [-0.05, 0) is 54.3 Å². The maximum Gasteiger partial charge on any atom is 0.416 e. The highest BCUT2D eigenvalue weighted by Gasteiger charge is 2.41. The average molecular weight is 489 g/mol. The van der Waals surface area contributed by atoms with Crippen LogP contribution in [-0.4, -0.2) is 17.1 Å². The van der Waals surface area contributed by atoms with E-state index in [2.05, 4.69) is 15.6 Å². The van der Waals surface area contributed by atoms with Crippen molar-refractivity contribution in [1.29, 1.82) is 0 Å². The summed E-state index contributed by atoms with van der Waals surface area (Å²) in [6, 6.07) is 12.5. The molecular weight excluding hydrogens is 465 g/mol. The van der Waals surface area contributed by atoms with Gasteiger partial charge in [0, 0.05) is 12.5 Å². The fourth-order valence-electron chi connectivity index (χ4n) is 4.54. The third kappa shape index (κ3) is 5.78. The molecule has 0 radical (unpaired) electrons. The molecule has 9 heteroatoms. The molecule has 0 unspecified atom stereocenters. The van der Waals surface area contributed by atoms with E-state index in [0.29, 0.717) is 11.6 Å². The van der Waals surface area contributed by atoms with E-state index < -0.39 is 34.9 Å². The summed E-state index contributed by atoms with van der Waals surface area (Å²) in [4.78, 5) is 17.3. The zero-order valence-electron chi connectivity index (χ0n) is 18.7. The second kappa shape index (κ2) is 10.0. The molecule has 0 saturated heterocycles. The van der Waals surface area contributed by atoms with Crippen molar-refractivity contribution in [3.05, 3.63) is 101 Å². The number of nitrogens with zero attached hydrogens (tertiary/aromatic N) is 1. The van der Waals surface area contributed by atoms with Crippen LogP contribution in [-0.2, 0) is 18.1 Å². The molecule has 0 bridgehead atoms. The van der Waals surface area contributed by atoms with Crippen LogP contribution in [0.2, 0.25) is 0 Å². The summed E-state index contributed by atoms with van der Waals surface area (Å²) in [6.45, 7) is 0. The molecule has 2 aromatic carbocycles. The second-order valence-electron chi connectivity index (χ2n) is 8.74. The number of alkyl halides is 3. The summed E-state index contributed by atoms with van der Waals surface area (Å²) in [5, 5.41) is 5.66. The lowest BCUT2D eigenvalue weighted by molar-refractivity contribution is -0.137. The first-order chi connectivity index (χ1) is 16.7. The minimum atomic E-state index is -4.82. The summed E-state index contributed by atoms with van der Waals surface area (Å²) in [7, 11) is 0. The SMILES string of the molecule is O=C(NC1CCCC1)N[C@@](Cc1ccccc1)(c1cc(F)cc(C(F)(F)F)c1)c1ccc(F)cn1. The number of benzene rings is 2. The molecule has 1 atom stereocenters. The number of amides is 2. The number of urea groups is 1. The van der Waals surface area contributed by atoms with Crippen LogP contribution in [0.1, 0.15) is 48.1 Å². The van der Waals surface area contributed by atoms with Crippen molar-refractivity contribution < 1.29 is 26.7 Å². The van der Waals surface area contributed by atoms with Gasteiger partial charge in [0.2, 0.25) is 0 Å². The summed E-state index contributed by atoms with van der Waals surface area (Å²) in [5.41, 5.74) is -2.36. The molecule has 0 spiro atoms. The zero-order chi connectivity index (χ0) is 25.1. The summed E-state index contributed by atoms with van der Waals surface area (Å²) < 4.78 is 69.2. The van der Waals surface area contributed by atoms with Gasteiger partial charge in [-0.2, -0.15) is 13.2 Å². The number of nitrogens with one attached hydrogen (secondary N) is 2. The minimum Gasteiger partial charge on any atom is -0.335 e. The van der Waals surface area contributed by atoms with Crippen molar-refractivity contribution in [2.45, 2.75) is 49.9 Å². The standard InChI is InChI=1S/C26H24F5N3O/c27-20-10-11-23(32-16-20)25(15-17-6-2-1-3-7-17,34-24(35)33-22-8-4-5-9-22)18-12-19(26(29,30)31)14-21(28)13-18/h1-3,6-7,10-14,16,22H,4-5,8-9,15H2,(H2,33,34,35)/t25-/m0/s1. The smallest absolute Gasteiger partial charge is 0.335 e. The van der Waals surface area contributed by atoms with Gasteiger partial charge < -0.3 is 10.6 Å². The lowest BCUT2D eigenvalue weighted by Crippen LogP contribution is -2.54. The predicted molar refractivity (Wildman–Crippen MR) is 120 cm³/mol. The quantitative estimate of drug-likeness (QED) is 0.411. The Morgan fingerprint density at radius 3 is 2.23 bits per heavy atom. The molecule has 184 valence electrons. The molecule has 0 aliphatic heterocycles. The topological polar surface area (TPSA) is 54.0 Å². The molecule has 3 aromatic rings. The Morgan fingerprint density at radius 2 is 1.60 bits per heavy atom. The molecule has 4 nitrogen and oxygen atoms in total. The normalized spacial score (nSPS) is 16.0. The molecule has 2 N–H and O–H groups in total. The molecule has 35 heavy (non-hydrogen) atoms. The first-order valence-corrected chi connectivity index (χ1v) is 11.3. The average Bonchev–Trinajstić information content (AvgIpc) is 3.31. The fraction of sp³-hybridized carbons (Fsp3) is 0.308. The number of carbonyl (C=O) groups is 1. The van der Waals surface area contributed by atoms with Crippen LogP contribution in [0, 0.1) is 11.6 Å². The van der Waals surface area contributed by atoms with Crippen molar-refractivity contribution in [2.75, 3.05) is 0 Å². The number of rotatable bonds is 6. The van der Waals surface area contributed by atoms with E-state index in [1.54, 1.807) is 30.3 Å². The number of aromatic nitrogens is 1. The van der Waals surface area contributed by atoms with Crippen LogP contribution >= 0.6 is 0 Å². The summed E-state index contributed by atoms with van der Waals surface area (Å²) >= 11 is 0. The third-order valence-corrected chi connectivity index (χ3v) is 6.21. The van der Waals surface area contributed by atoms with E-state index >= 15 is 0 Å². The maximum absolute atomic E-state index is 14.6. The van der Waals surface area contributed by atoms with E-state index in [0.717, 1.165) is 50.1 Å². The maximum atomic E-state index is 14.6. The van der Waals surface area contributed by atoms with Crippen LogP contribution in [0.25, 0.3) is 0 Å². The first kappa shape index (κ1) is 24.6. The predicted octanol–water partition coefficient (Wildman–Crippen LogP) is 6.11. The zero-order valence-corrected chi connectivity index (χ0v) is 18.7. The van der Waals surface area contributed by atoms with E-state index in [4.69, 9.17) is 0 Å². The molecule has 1 fully saturated rings. The van der Waals surface area contributed by atoms with Crippen molar-refractivity contribution in [3.8, 4) is 0 Å². The van der Waals surface area contributed by atoms with Gasteiger partial charge in [0.15, 0.2) is 0 Å². The highest BCUT2D eigenvalue weighted by Crippen LogP contribution is 2.37.